The highest BCUT2D eigenvalue weighted by Gasteiger charge is 2.31. The van der Waals surface area contributed by atoms with E-state index in [1.807, 2.05) is 38.1 Å². The van der Waals surface area contributed by atoms with E-state index in [9.17, 15) is 18.0 Å². The monoisotopic (exact) mass is 483 g/mol. The number of carbonyl (C=O) groups is 2. The van der Waals surface area contributed by atoms with Crippen LogP contribution in [-0.4, -0.2) is 32.8 Å². The van der Waals surface area contributed by atoms with Crippen molar-refractivity contribution in [2.75, 3.05) is 16.8 Å². The molecule has 2 aromatic rings. The first-order valence-corrected chi connectivity index (χ1v) is 13.4. The molecule has 8 heteroatoms. The zero-order valence-electron chi connectivity index (χ0n) is 20.0. The van der Waals surface area contributed by atoms with E-state index in [1.165, 1.54) is 6.92 Å². The molecule has 0 saturated heterocycles. The number of aryl methyl sites for hydroxylation is 1. The van der Waals surface area contributed by atoms with Crippen LogP contribution in [0.25, 0.3) is 0 Å². The maximum Gasteiger partial charge on any atom is 0.240 e. The fourth-order valence-corrected chi connectivity index (χ4v) is 6.24. The van der Waals surface area contributed by atoms with E-state index in [4.69, 9.17) is 0 Å². The van der Waals surface area contributed by atoms with Crippen LogP contribution in [-0.2, 0) is 26.0 Å². The highest BCUT2D eigenvalue weighted by atomic mass is 32.2. The summed E-state index contributed by atoms with van der Waals surface area (Å²) in [5, 5.41) is 2.99. The molecule has 1 heterocycles. The molecule has 34 heavy (non-hydrogen) atoms. The van der Waals surface area contributed by atoms with Crippen LogP contribution < -0.4 is 14.9 Å². The predicted molar refractivity (Wildman–Crippen MR) is 133 cm³/mol. The Morgan fingerprint density at radius 1 is 1.03 bits per heavy atom. The van der Waals surface area contributed by atoms with Crippen molar-refractivity contribution in [3.63, 3.8) is 0 Å². The summed E-state index contributed by atoms with van der Waals surface area (Å²) in [6.07, 6.45) is 3.77. The molecule has 2 N–H and O–H groups in total. The molecule has 7 nitrogen and oxygen atoms in total. The summed E-state index contributed by atoms with van der Waals surface area (Å²) in [6, 6.07) is 12.8. The van der Waals surface area contributed by atoms with E-state index in [2.05, 4.69) is 10.0 Å². The van der Waals surface area contributed by atoms with Crippen LogP contribution in [0.5, 0.6) is 0 Å². The number of anilines is 2. The summed E-state index contributed by atoms with van der Waals surface area (Å²) in [5.74, 6) is 0.163. The number of rotatable bonds is 6. The van der Waals surface area contributed by atoms with Gasteiger partial charge in [0.1, 0.15) is 0 Å². The molecule has 0 radical (unpaired) electrons. The molecular formula is C26H33N3O4S. The van der Waals surface area contributed by atoms with Gasteiger partial charge in [0.2, 0.25) is 21.8 Å². The van der Waals surface area contributed by atoms with Crippen LogP contribution in [0.4, 0.5) is 11.4 Å². The van der Waals surface area contributed by atoms with Crippen LogP contribution >= 0.6 is 0 Å². The van der Waals surface area contributed by atoms with Crippen LogP contribution in [0.3, 0.4) is 0 Å². The summed E-state index contributed by atoms with van der Waals surface area (Å²) in [4.78, 5) is 26.5. The Morgan fingerprint density at radius 3 is 2.35 bits per heavy atom. The lowest BCUT2D eigenvalue weighted by atomic mass is 9.81. The Balaban J connectivity index is 1.30. The summed E-state index contributed by atoms with van der Waals surface area (Å²) in [7, 11) is -3.64. The lowest BCUT2D eigenvalue weighted by Crippen LogP contribution is -2.34. The van der Waals surface area contributed by atoms with Crippen LogP contribution in [0.1, 0.15) is 50.7 Å². The molecule has 1 aliphatic heterocycles. The smallest absolute Gasteiger partial charge is 0.240 e. The van der Waals surface area contributed by atoms with Gasteiger partial charge in [0.15, 0.2) is 0 Å². The van der Waals surface area contributed by atoms with E-state index in [0.29, 0.717) is 13.0 Å². The standard InChI is InChI=1S/C26H33N3O4S/c1-17-4-10-23(11-5-17)28-26(31)21-8-6-20(7-9-21)16-27-34(32,33)24-12-13-25-22(15-24)14-18(2)29(25)19(3)30/h4-5,10-13,15,18,20-21,27H,6-9,14,16H2,1-3H3,(H,28,31)/t18-,20?,21?/m1/s1. The Labute approximate surface area is 202 Å². The molecule has 1 atom stereocenters. The molecule has 2 aliphatic rings. The summed E-state index contributed by atoms with van der Waals surface area (Å²) >= 11 is 0. The fourth-order valence-electron chi connectivity index (χ4n) is 5.08. The van der Waals surface area contributed by atoms with Crippen molar-refractivity contribution < 1.29 is 18.0 Å². The average molecular weight is 484 g/mol. The van der Waals surface area contributed by atoms with Gasteiger partial charge in [-0.25, -0.2) is 13.1 Å². The minimum atomic E-state index is -3.64. The van der Waals surface area contributed by atoms with Crippen molar-refractivity contribution in [1.29, 1.82) is 0 Å². The number of hydrogen-bond donors (Lipinski definition) is 2. The number of carbonyl (C=O) groups excluding carboxylic acids is 2. The van der Waals surface area contributed by atoms with Gasteiger partial charge in [0, 0.05) is 36.8 Å². The van der Waals surface area contributed by atoms with Gasteiger partial charge in [-0.3, -0.25) is 9.59 Å². The highest BCUT2D eigenvalue weighted by molar-refractivity contribution is 7.89. The van der Waals surface area contributed by atoms with Gasteiger partial charge in [0.25, 0.3) is 0 Å². The maximum absolute atomic E-state index is 12.9. The number of fused-ring (bicyclic) bond motifs is 1. The predicted octanol–water partition coefficient (Wildman–Crippen LogP) is 4.02. The molecule has 0 unspecified atom stereocenters. The Morgan fingerprint density at radius 2 is 1.71 bits per heavy atom. The molecule has 4 rings (SSSR count). The van der Waals surface area contributed by atoms with Gasteiger partial charge in [-0.15, -0.1) is 0 Å². The number of benzene rings is 2. The topological polar surface area (TPSA) is 95.6 Å². The Kier molecular flexibility index (Phi) is 7.09. The van der Waals surface area contributed by atoms with Crippen molar-refractivity contribution in [1.82, 2.24) is 4.72 Å². The number of nitrogens with zero attached hydrogens (tertiary/aromatic N) is 1. The number of nitrogens with one attached hydrogen (secondary N) is 2. The number of amides is 2. The van der Waals surface area contributed by atoms with Gasteiger partial charge >= 0.3 is 0 Å². The van der Waals surface area contributed by atoms with E-state index in [1.54, 1.807) is 23.1 Å². The SMILES string of the molecule is CC(=O)N1c2ccc(S(=O)(=O)NCC3CCC(C(=O)Nc4ccc(C)cc4)CC3)cc2C[C@H]1C. The largest absolute Gasteiger partial charge is 0.326 e. The molecule has 0 spiro atoms. The molecule has 182 valence electrons. The quantitative estimate of drug-likeness (QED) is 0.649. The zero-order chi connectivity index (χ0) is 24.5. The first-order valence-electron chi connectivity index (χ1n) is 11.9. The minimum absolute atomic E-state index is 0.0248. The summed E-state index contributed by atoms with van der Waals surface area (Å²) < 4.78 is 28.6. The fraction of sp³-hybridized carbons (Fsp3) is 0.462. The van der Waals surface area contributed by atoms with E-state index in [-0.39, 0.29) is 34.6 Å². The van der Waals surface area contributed by atoms with Crippen molar-refractivity contribution in [3.05, 3.63) is 53.6 Å². The Hall–Kier alpha value is -2.71. The van der Waals surface area contributed by atoms with Crippen LogP contribution in [0.2, 0.25) is 0 Å². The van der Waals surface area contributed by atoms with E-state index < -0.39 is 10.0 Å². The third-order valence-electron chi connectivity index (χ3n) is 7.01. The Bertz CT molecular complexity index is 1170. The lowest BCUT2D eigenvalue weighted by molar-refractivity contribution is -0.121. The normalized spacial score (nSPS) is 22.3. The molecule has 0 aromatic heterocycles. The molecule has 2 aromatic carbocycles. The highest BCUT2D eigenvalue weighted by Crippen LogP contribution is 2.34. The van der Waals surface area contributed by atoms with Gasteiger partial charge in [-0.05, 0) is 87.8 Å². The van der Waals surface area contributed by atoms with E-state index in [0.717, 1.165) is 48.2 Å². The van der Waals surface area contributed by atoms with Crippen LogP contribution in [0, 0.1) is 18.8 Å². The first kappa shape index (κ1) is 24.4. The molecular weight excluding hydrogens is 450 g/mol. The second kappa shape index (κ2) is 9.88. The third-order valence-corrected chi connectivity index (χ3v) is 8.44. The maximum atomic E-state index is 12.9. The van der Waals surface area contributed by atoms with Gasteiger partial charge in [0.05, 0.1) is 4.90 Å². The lowest BCUT2D eigenvalue weighted by Gasteiger charge is -2.28. The first-order chi connectivity index (χ1) is 16.1. The van der Waals surface area contributed by atoms with Gasteiger partial charge in [-0.1, -0.05) is 17.7 Å². The molecule has 1 aliphatic carbocycles. The van der Waals surface area contributed by atoms with Crippen molar-refractivity contribution >= 4 is 33.2 Å². The summed E-state index contributed by atoms with van der Waals surface area (Å²) in [5.41, 5.74) is 3.63. The second-order valence-corrected chi connectivity index (χ2v) is 11.4. The van der Waals surface area contributed by atoms with Crippen molar-refractivity contribution in [2.45, 2.75) is 63.8 Å². The van der Waals surface area contributed by atoms with Gasteiger partial charge in [-0.2, -0.15) is 0 Å². The number of hydrogen-bond acceptors (Lipinski definition) is 4. The summed E-state index contributed by atoms with van der Waals surface area (Å²) in [6.45, 7) is 5.86. The molecule has 1 saturated carbocycles. The second-order valence-electron chi connectivity index (χ2n) is 9.66. The van der Waals surface area contributed by atoms with Gasteiger partial charge < -0.3 is 10.2 Å². The molecule has 1 fully saturated rings. The van der Waals surface area contributed by atoms with Crippen molar-refractivity contribution in [3.8, 4) is 0 Å². The van der Waals surface area contributed by atoms with Crippen LogP contribution in [0.15, 0.2) is 47.4 Å². The van der Waals surface area contributed by atoms with E-state index >= 15 is 0 Å². The number of sulfonamides is 1. The third kappa shape index (κ3) is 5.33. The zero-order valence-corrected chi connectivity index (χ0v) is 20.8. The van der Waals surface area contributed by atoms with Crippen molar-refractivity contribution in [2.24, 2.45) is 11.8 Å². The molecule has 2 amide bonds. The molecule has 0 bridgehead atoms. The minimum Gasteiger partial charge on any atom is -0.326 e. The average Bonchev–Trinajstić information content (AvgIpc) is 3.14.